The first kappa shape index (κ1) is 31.4. The van der Waals surface area contributed by atoms with Gasteiger partial charge in [0.15, 0.2) is 0 Å². The molecular weight excluding hydrogens is 484 g/mol. The minimum atomic E-state index is -0.600. The Morgan fingerprint density at radius 3 is 1.50 bits per heavy atom. The summed E-state index contributed by atoms with van der Waals surface area (Å²) in [5.74, 6) is 1.42. The minimum Gasteiger partial charge on any atom is -0.491 e. The number of carbonyl (C=O) groups excluding carboxylic acids is 1. The number of benzene rings is 2. The number of aliphatic hydroxyl groups excluding tert-OH is 2. The van der Waals surface area contributed by atoms with Crippen LogP contribution in [0.25, 0.3) is 0 Å². The predicted molar refractivity (Wildman–Crippen MR) is 151 cm³/mol. The highest BCUT2D eigenvalue weighted by Crippen LogP contribution is 2.19. The molecule has 0 aromatic heterocycles. The molecule has 0 heterocycles. The van der Waals surface area contributed by atoms with E-state index in [4.69, 9.17) is 9.47 Å². The van der Waals surface area contributed by atoms with Crippen LogP contribution in [0, 0.1) is 0 Å². The smallest absolute Gasteiger partial charge is 0.314 e. The van der Waals surface area contributed by atoms with Crippen LogP contribution >= 0.6 is 0 Å². The monoisotopic (exact) mass is 530 g/mol. The van der Waals surface area contributed by atoms with Gasteiger partial charge in [-0.05, 0) is 36.1 Å². The molecule has 0 spiro atoms. The van der Waals surface area contributed by atoms with Gasteiger partial charge in [0.1, 0.15) is 36.9 Å². The SMILES string of the molecule is CC(C)NC[C@H](O)COc1ccccc1CCNC(=O)NCCc1ccccc1OC[C@@H](O)CNC(C)C. The van der Waals surface area contributed by atoms with Crippen LogP contribution in [0.5, 0.6) is 11.5 Å². The van der Waals surface area contributed by atoms with E-state index in [0.29, 0.717) is 62.6 Å². The summed E-state index contributed by atoms with van der Waals surface area (Å²) in [6.07, 6.45) is 0.0112. The van der Waals surface area contributed by atoms with E-state index in [1.807, 2.05) is 76.2 Å². The van der Waals surface area contributed by atoms with E-state index in [1.54, 1.807) is 0 Å². The van der Waals surface area contributed by atoms with Gasteiger partial charge in [0, 0.05) is 38.3 Å². The highest BCUT2D eigenvalue weighted by Gasteiger charge is 2.11. The Labute approximate surface area is 227 Å². The van der Waals surface area contributed by atoms with Gasteiger partial charge in [-0.15, -0.1) is 0 Å². The number of para-hydroxylation sites is 2. The van der Waals surface area contributed by atoms with E-state index in [9.17, 15) is 15.0 Å². The van der Waals surface area contributed by atoms with Crippen molar-refractivity contribution in [3.8, 4) is 11.5 Å². The quantitative estimate of drug-likeness (QED) is 0.175. The Balaban J connectivity index is 1.71. The predicted octanol–water partition coefficient (Wildman–Crippen LogP) is 2.25. The number of urea groups is 1. The maximum absolute atomic E-state index is 12.3. The van der Waals surface area contributed by atoms with Crippen molar-refractivity contribution in [3.63, 3.8) is 0 Å². The number of aliphatic hydroxyl groups is 2. The summed E-state index contributed by atoms with van der Waals surface area (Å²) in [6, 6.07) is 15.7. The molecule has 9 heteroatoms. The van der Waals surface area contributed by atoms with Gasteiger partial charge in [-0.1, -0.05) is 64.1 Å². The third kappa shape index (κ3) is 13.1. The van der Waals surface area contributed by atoms with Gasteiger partial charge in [-0.3, -0.25) is 0 Å². The van der Waals surface area contributed by atoms with Crippen molar-refractivity contribution in [2.75, 3.05) is 39.4 Å². The maximum atomic E-state index is 12.3. The van der Waals surface area contributed by atoms with E-state index in [2.05, 4.69) is 21.3 Å². The highest BCUT2D eigenvalue weighted by atomic mass is 16.5. The number of amides is 2. The Hall–Kier alpha value is -2.85. The molecule has 2 aromatic carbocycles. The van der Waals surface area contributed by atoms with E-state index < -0.39 is 12.2 Å². The first-order chi connectivity index (χ1) is 18.2. The Bertz CT molecular complexity index is 867. The van der Waals surface area contributed by atoms with E-state index >= 15 is 0 Å². The van der Waals surface area contributed by atoms with Crippen LogP contribution in [0.4, 0.5) is 4.79 Å². The van der Waals surface area contributed by atoms with Crippen molar-refractivity contribution in [1.29, 1.82) is 0 Å². The van der Waals surface area contributed by atoms with E-state index in [1.165, 1.54) is 0 Å². The Morgan fingerprint density at radius 1 is 0.711 bits per heavy atom. The van der Waals surface area contributed by atoms with E-state index in [-0.39, 0.29) is 19.2 Å². The summed E-state index contributed by atoms with van der Waals surface area (Å²) in [7, 11) is 0. The molecule has 0 bridgehead atoms. The lowest BCUT2D eigenvalue weighted by Gasteiger charge is -2.17. The van der Waals surface area contributed by atoms with E-state index in [0.717, 1.165) is 11.1 Å². The van der Waals surface area contributed by atoms with Gasteiger partial charge in [0.2, 0.25) is 0 Å². The Kier molecular flexibility index (Phi) is 14.5. The van der Waals surface area contributed by atoms with Gasteiger partial charge in [-0.2, -0.15) is 0 Å². The topological polar surface area (TPSA) is 124 Å². The molecular formula is C29H46N4O5. The molecule has 9 nitrogen and oxygen atoms in total. The third-order valence-electron chi connectivity index (χ3n) is 5.69. The second kappa shape index (κ2) is 17.6. The molecule has 2 atom stereocenters. The number of hydrogen-bond donors (Lipinski definition) is 6. The number of rotatable bonds is 18. The lowest BCUT2D eigenvalue weighted by Crippen LogP contribution is -2.37. The molecule has 6 N–H and O–H groups in total. The molecule has 2 amide bonds. The van der Waals surface area contributed by atoms with Crippen molar-refractivity contribution in [2.24, 2.45) is 0 Å². The Morgan fingerprint density at radius 2 is 1.11 bits per heavy atom. The van der Waals surface area contributed by atoms with Gasteiger partial charge in [-0.25, -0.2) is 4.79 Å². The van der Waals surface area contributed by atoms with Gasteiger partial charge in [0.25, 0.3) is 0 Å². The third-order valence-corrected chi connectivity index (χ3v) is 5.69. The summed E-state index contributed by atoms with van der Waals surface area (Å²) < 4.78 is 11.6. The molecule has 0 fully saturated rings. The molecule has 212 valence electrons. The fourth-order valence-corrected chi connectivity index (χ4v) is 3.62. The zero-order valence-electron chi connectivity index (χ0n) is 23.2. The van der Waals surface area contributed by atoms with Crippen LogP contribution in [0.3, 0.4) is 0 Å². The maximum Gasteiger partial charge on any atom is 0.314 e. The lowest BCUT2D eigenvalue weighted by molar-refractivity contribution is 0.104. The van der Waals surface area contributed by atoms with Crippen molar-refractivity contribution in [3.05, 3.63) is 59.7 Å². The second-order valence-electron chi connectivity index (χ2n) is 9.95. The number of carbonyl (C=O) groups is 1. The van der Waals surface area contributed by atoms with Crippen LogP contribution in [-0.2, 0) is 12.8 Å². The first-order valence-corrected chi connectivity index (χ1v) is 13.5. The van der Waals surface area contributed by atoms with Crippen molar-refractivity contribution in [1.82, 2.24) is 21.3 Å². The fourth-order valence-electron chi connectivity index (χ4n) is 3.62. The molecule has 0 aliphatic heterocycles. The van der Waals surface area contributed by atoms with Crippen LogP contribution in [-0.4, -0.2) is 79.9 Å². The van der Waals surface area contributed by atoms with Gasteiger partial charge < -0.3 is 41.0 Å². The van der Waals surface area contributed by atoms with Gasteiger partial charge >= 0.3 is 6.03 Å². The summed E-state index contributed by atoms with van der Waals surface area (Å²) in [5.41, 5.74) is 1.93. The molecule has 0 saturated carbocycles. The molecule has 2 rings (SSSR count). The highest BCUT2D eigenvalue weighted by molar-refractivity contribution is 5.73. The zero-order valence-corrected chi connectivity index (χ0v) is 23.2. The first-order valence-electron chi connectivity index (χ1n) is 13.5. The van der Waals surface area contributed by atoms with Crippen LogP contribution < -0.4 is 30.7 Å². The second-order valence-corrected chi connectivity index (χ2v) is 9.95. The summed E-state index contributed by atoms with van der Waals surface area (Å²) in [6.45, 7) is 10.3. The normalized spacial score (nSPS) is 12.8. The standard InChI is InChI=1S/C29H46N4O5/c1-21(2)32-17-25(34)19-37-27-11-7-5-9-23(27)13-15-30-29(36)31-16-14-24-10-6-8-12-28(24)38-20-26(35)18-33-22(3)4/h5-12,21-22,25-26,32-35H,13-20H2,1-4H3,(H2,30,31,36)/t25-,26-/m0/s1. The lowest BCUT2D eigenvalue weighted by atomic mass is 10.1. The van der Waals surface area contributed by atoms with Crippen LogP contribution in [0.15, 0.2) is 48.5 Å². The van der Waals surface area contributed by atoms with Gasteiger partial charge in [0.05, 0.1) is 0 Å². The molecule has 2 aromatic rings. The minimum absolute atomic E-state index is 0.198. The average Bonchev–Trinajstić information content (AvgIpc) is 2.89. The van der Waals surface area contributed by atoms with Crippen molar-refractivity contribution >= 4 is 6.03 Å². The number of nitrogens with one attached hydrogen (secondary N) is 4. The number of ether oxygens (including phenoxy) is 2. The molecule has 0 saturated heterocycles. The van der Waals surface area contributed by atoms with Crippen molar-refractivity contribution < 1.29 is 24.5 Å². The molecule has 38 heavy (non-hydrogen) atoms. The van der Waals surface area contributed by atoms with Crippen LogP contribution in [0.2, 0.25) is 0 Å². The molecule has 0 aliphatic rings. The summed E-state index contributed by atoms with van der Waals surface area (Å²) in [4.78, 5) is 12.3. The number of hydrogen-bond acceptors (Lipinski definition) is 7. The fraction of sp³-hybridized carbons (Fsp3) is 0.552. The zero-order chi connectivity index (χ0) is 27.8. The average molecular weight is 531 g/mol. The van der Waals surface area contributed by atoms with Crippen LogP contribution in [0.1, 0.15) is 38.8 Å². The summed E-state index contributed by atoms with van der Waals surface area (Å²) >= 11 is 0. The largest absolute Gasteiger partial charge is 0.491 e. The summed E-state index contributed by atoms with van der Waals surface area (Å²) in [5, 5.41) is 32.3. The molecule has 0 unspecified atom stereocenters. The molecule has 0 aliphatic carbocycles. The molecule has 0 radical (unpaired) electrons. The van der Waals surface area contributed by atoms with Crippen molar-refractivity contribution in [2.45, 2.75) is 64.8 Å².